The van der Waals surface area contributed by atoms with E-state index in [1.807, 2.05) is 0 Å². The SMILES string of the molecule is O=C(O)/C=C/C(=O)OCCCCCCCCN1CCOCC1. The second-order valence-electron chi connectivity index (χ2n) is 5.41. The van der Waals surface area contributed by atoms with E-state index >= 15 is 0 Å². The van der Waals surface area contributed by atoms with Crippen molar-refractivity contribution in [2.24, 2.45) is 0 Å². The summed E-state index contributed by atoms with van der Waals surface area (Å²) in [6.07, 6.45) is 8.41. The summed E-state index contributed by atoms with van der Waals surface area (Å²) in [6.45, 7) is 5.36. The highest BCUT2D eigenvalue weighted by molar-refractivity contribution is 5.90. The summed E-state index contributed by atoms with van der Waals surface area (Å²) < 4.78 is 10.2. The third-order valence-electron chi connectivity index (χ3n) is 3.58. The van der Waals surface area contributed by atoms with Gasteiger partial charge in [0.2, 0.25) is 0 Å². The van der Waals surface area contributed by atoms with Crippen LogP contribution < -0.4 is 0 Å². The van der Waals surface area contributed by atoms with Crippen molar-refractivity contribution in [2.45, 2.75) is 38.5 Å². The number of morpholine rings is 1. The molecule has 1 N–H and O–H groups in total. The quantitative estimate of drug-likeness (QED) is 0.356. The molecule has 0 saturated carbocycles. The normalized spacial score (nSPS) is 16.0. The summed E-state index contributed by atoms with van der Waals surface area (Å²) in [7, 11) is 0. The maximum atomic E-state index is 11.1. The fraction of sp³-hybridized carbons (Fsp3) is 0.750. The van der Waals surface area contributed by atoms with E-state index in [0.29, 0.717) is 6.61 Å². The Balaban J connectivity index is 1.83. The highest BCUT2D eigenvalue weighted by atomic mass is 16.5. The summed E-state index contributed by atoms with van der Waals surface area (Å²) >= 11 is 0. The summed E-state index contributed by atoms with van der Waals surface area (Å²) in [5.41, 5.74) is 0. The number of carbonyl (C=O) groups excluding carboxylic acids is 1. The van der Waals surface area contributed by atoms with Gasteiger partial charge in [0.15, 0.2) is 0 Å². The largest absolute Gasteiger partial charge is 0.478 e. The molecule has 0 aromatic carbocycles. The molecular weight excluding hydrogens is 286 g/mol. The van der Waals surface area contributed by atoms with Crippen LogP contribution in [0.4, 0.5) is 0 Å². The highest BCUT2D eigenvalue weighted by Crippen LogP contribution is 2.07. The molecule has 0 atom stereocenters. The molecule has 126 valence electrons. The fourth-order valence-electron chi connectivity index (χ4n) is 2.33. The maximum Gasteiger partial charge on any atom is 0.331 e. The van der Waals surface area contributed by atoms with Crippen LogP contribution in [0.25, 0.3) is 0 Å². The van der Waals surface area contributed by atoms with E-state index in [-0.39, 0.29) is 0 Å². The van der Waals surface area contributed by atoms with Gasteiger partial charge in [0.05, 0.1) is 19.8 Å². The first-order chi connectivity index (χ1) is 10.7. The van der Waals surface area contributed by atoms with Crippen LogP contribution in [0, 0.1) is 0 Å². The first-order valence-electron chi connectivity index (χ1n) is 8.06. The van der Waals surface area contributed by atoms with Gasteiger partial charge in [0.1, 0.15) is 0 Å². The third-order valence-corrected chi connectivity index (χ3v) is 3.58. The molecule has 1 heterocycles. The van der Waals surface area contributed by atoms with Crippen molar-refractivity contribution in [2.75, 3.05) is 39.5 Å². The van der Waals surface area contributed by atoms with Crippen molar-refractivity contribution in [3.63, 3.8) is 0 Å². The number of hydrogen-bond donors (Lipinski definition) is 1. The molecule has 0 spiro atoms. The van der Waals surface area contributed by atoms with Crippen LogP contribution >= 0.6 is 0 Å². The monoisotopic (exact) mass is 313 g/mol. The lowest BCUT2D eigenvalue weighted by atomic mass is 10.1. The molecule has 0 unspecified atom stereocenters. The van der Waals surface area contributed by atoms with Gasteiger partial charge in [0, 0.05) is 25.2 Å². The number of hydrogen-bond acceptors (Lipinski definition) is 5. The number of nitrogens with zero attached hydrogens (tertiary/aromatic N) is 1. The van der Waals surface area contributed by atoms with Gasteiger partial charge in [-0.25, -0.2) is 9.59 Å². The zero-order valence-electron chi connectivity index (χ0n) is 13.2. The van der Waals surface area contributed by atoms with Crippen LogP contribution in [-0.4, -0.2) is 61.4 Å². The van der Waals surface area contributed by atoms with Gasteiger partial charge >= 0.3 is 11.9 Å². The predicted molar refractivity (Wildman–Crippen MR) is 82.7 cm³/mol. The van der Waals surface area contributed by atoms with Crippen LogP contribution in [0.3, 0.4) is 0 Å². The van der Waals surface area contributed by atoms with Gasteiger partial charge in [-0.1, -0.05) is 25.7 Å². The van der Waals surface area contributed by atoms with Crippen LogP contribution in [-0.2, 0) is 19.1 Å². The average molecular weight is 313 g/mol. The minimum Gasteiger partial charge on any atom is -0.478 e. The lowest BCUT2D eigenvalue weighted by molar-refractivity contribution is -0.138. The first-order valence-corrected chi connectivity index (χ1v) is 8.06. The Kier molecular flexibility index (Phi) is 10.3. The van der Waals surface area contributed by atoms with Crippen molar-refractivity contribution in [1.29, 1.82) is 0 Å². The van der Waals surface area contributed by atoms with Gasteiger partial charge in [0.25, 0.3) is 0 Å². The van der Waals surface area contributed by atoms with E-state index in [9.17, 15) is 9.59 Å². The van der Waals surface area contributed by atoms with E-state index < -0.39 is 11.9 Å². The molecule has 1 rings (SSSR count). The Morgan fingerprint density at radius 3 is 2.32 bits per heavy atom. The van der Waals surface area contributed by atoms with Crippen molar-refractivity contribution in [1.82, 2.24) is 4.90 Å². The average Bonchev–Trinajstić information content (AvgIpc) is 2.52. The van der Waals surface area contributed by atoms with E-state index in [0.717, 1.165) is 64.3 Å². The highest BCUT2D eigenvalue weighted by Gasteiger charge is 2.08. The van der Waals surface area contributed by atoms with Crippen molar-refractivity contribution in [3.05, 3.63) is 12.2 Å². The zero-order valence-corrected chi connectivity index (χ0v) is 13.2. The first kappa shape index (κ1) is 18.6. The number of ether oxygens (including phenoxy) is 2. The number of carboxylic acid groups (broad SMARTS) is 1. The Morgan fingerprint density at radius 2 is 1.64 bits per heavy atom. The van der Waals surface area contributed by atoms with E-state index in [2.05, 4.69) is 4.90 Å². The molecular formula is C16H27NO5. The molecule has 1 aliphatic rings. The van der Waals surface area contributed by atoms with Crippen LogP contribution in [0.5, 0.6) is 0 Å². The minimum atomic E-state index is -1.14. The molecule has 1 aliphatic heterocycles. The summed E-state index contributed by atoms with van der Waals surface area (Å²) in [4.78, 5) is 23.7. The lowest BCUT2D eigenvalue weighted by Gasteiger charge is -2.26. The standard InChI is InChI=1S/C16H27NO5/c18-15(19)7-8-16(20)22-12-6-4-2-1-3-5-9-17-10-13-21-14-11-17/h7-8H,1-6,9-14H2,(H,18,19)/b8-7+. The molecule has 1 fully saturated rings. The molecule has 0 amide bonds. The van der Waals surface area contributed by atoms with E-state index in [1.165, 1.54) is 19.3 Å². The molecule has 0 aromatic rings. The minimum absolute atomic E-state index is 0.358. The van der Waals surface area contributed by atoms with Crippen LogP contribution in [0.2, 0.25) is 0 Å². The number of rotatable bonds is 11. The van der Waals surface area contributed by atoms with Gasteiger partial charge in [-0.15, -0.1) is 0 Å². The summed E-state index contributed by atoms with van der Waals surface area (Å²) in [5, 5.41) is 8.35. The number of unbranched alkanes of at least 4 members (excludes halogenated alkanes) is 5. The predicted octanol–water partition coefficient (Wildman–Crippen LogP) is 1.84. The second-order valence-corrected chi connectivity index (χ2v) is 5.41. The Labute approximate surface area is 132 Å². The fourth-order valence-corrected chi connectivity index (χ4v) is 2.33. The molecule has 6 heteroatoms. The second kappa shape index (κ2) is 12.2. The van der Waals surface area contributed by atoms with Crippen LogP contribution in [0.15, 0.2) is 12.2 Å². The number of carboxylic acids is 1. The number of aliphatic carboxylic acids is 1. The van der Waals surface area contributed by atoms with Crippen molar-refractivity contribution in [3.8, 4) is 0 Å². The number of carbonyl (C=O) groups is 2. The number of esters is 1. The Bertz CT molecular complexity index is 350. The molecule has 6 nitrogen and oxygen atoms in total. The third kappa shape index (κ3) is 10.3. The van der Waals surface area contributed by atoms with Crippen molar-refractivity contribution >= 4 is 11.9 Å². The molecule has 1 saturated heterocycles. The van der Waals surface area contributed by atoms with E-state index in [4.69, 9.17) is 14.6 Å². The summed E-state index contributed by atoms with van der Waals surface area (Å²) in [5.74, 6) is -1.73. The molecule has 22 heavy (non-hydrogen) atoms. The summed E-state index contributed by atoms with van der Waals surface area (Å²) in [6, 6.07) is 0. The van der Waals surface area contributed by atoms with Crippen molar-refractivity contribution < 1.29 is 24.2 Å². The maximum absolute atomic E-state index is 11.1. The zero-order chi connectivity index (χ0) is 16.0. The van der Waals surface area contributed by atoms with Gasteiger partial charge < -0.3 is 14.6 Å². The molecule has 0 aromatic heterocycles. The molecule has 0 radical (unpaired) electrons. The lowest BCUT2D eigenvalue weighted by Crippen LogP contribution is -2.36. The molecule has 0 aliphatic carbocycles. The Hall–Kier alpha value is -1.40. The van der Waals surface area contributed by atoms with Gasteiger partial charge in [-0.3, -0.25) is 4.90 Å². The molecule has 0 bridgehead atoms. The van der Waals surface area contributed by atoms with E-state index in [1.54, 1.807) is 0 Å². The van der Waals surface area contributed by atoms with Crippen LogP contribution in [0.1, 0.15) is 38.5 Å². The van der Waals surface area contributed by atoms with Gasteiger partial charge in [-0.05, 0) is 19.4 Å². The topological polar surface area (TPSA) is 76.1 Å². The van der Waals surface area contributed by atoms with Gasteiger partial charge in [-0.2, -0.15) is 0 Å². The smallest absolute Gasteiger partial charge is 0.331 e. The Morgan fingerprint density at radius 1 is 1.00 bits per heavy atom.